The van der Waals surface area contributed by atoms with Crippen molar-refractivity contribution in [1.29, 1.82) is 0 Å². The van der Waals surface area contributed by atoms with E-state index in [2.05, 4.69) is 13.2 Å². The van der Waals surface area contributed by atoms with E-state index in [0.29, 0.717) is 12.8 Å². The Morgan fingerprint density at radius 1 is 1.24 bits per heavy atom. The van der Waals surface area contributed by atoms with Crippen molar-refractivity contribution in [2.75, 3.05) is 6.61 Å². The molecule has 0 radical (unpaired) electrons. The Morgan fingerprint density at radius 3 is 2.28 bits per heavy atom. The average molecular weight is 416 g/mol. The Hall–Kier alpha value is -1.37. The molecule has 162 valence electrons. The maximum atomic E-state index is 15.2. The van der Waals surface area contributed by atoms with E-state index in [1.54, 1.807) is 0 Å². The van der Waals surface area contributed by atoms with Crippen molar-refractivity contribution >= 4 is 5.97 Å². The second kappa shape index (κ2) is 6.32. The Labute approximate surface area is 168 Å². The van der Waals surface area contributed by atoms with Gasteiger partial charge in [-0.2, -0.15) is 13.2 Å². The number of aliphatic hydroxyl groups is 1. The summed E-state index contributed by atoms with van der Waals surface area (Å²) in [6.45, 7) is 8.34. The smallest absolute Gasteiger partial charge is 0.394 e. The van der Waals surface area contributed by atoms with Gasteiger partial charge in [0.25, 0.3) is 0 Å². The molecule has 5 atom stereocenters. The lowest BCUT2D eigenvalue weighted by Crippen LogP contribution is -2.53. The minimum atomic E-state index is -4.25. The third-order valence-corrected chi connectivity index (χ3v) is 8.51. The highest BCUT2D eigenvalue weighted by molar-refractivity contribution is 5.79. The van der Waals surface area contributed by atoms with Crippen LogP contribution in [-0.2, 0) is 9.53 Å². The number of ether oxygens (including phenoxy) is 1. The molecular weight excluding hydrogens is 388 g/mol. The van der Waals surface area contributed by atoms with Crippen LogP contribution in [0.5, 0.6) is 0 Å². The van der Waals surface area contributed by atoms with Crippen molar-refractivity contribution in [3.8, 4) is 0 Å². The normalized spacial score (nSPS) is 42.1. The second-order valence-corrected chi connectivity index (χ2v) is 9.80. The highest BCUT2D eigenvalue weighted by atomic mass is 19.4. The number of hydrogen-bond donors (Lipinski definition) is 1. The van der Waals surface area contributed by atoms with Crippen LogP contribution in [-0.4, -0.2) is 35.6 Å². The molecule has 3 nitrogen and oxygen atoms in total. The summed E-state index contributed by atoms with van der Waals surface area (Å²) in [4.78, 5) is 12.6. The summed E-state index contributed by atoms with van der Waals surface area (Å²) in [5.41, 5.74) is -4.54. The Kier molecular flexibility index (Phi) is 4.55. The molecule has 5 unspecified atom stereocenters. The van der Waals surface area contributed by atoms with Crippen LogP contribution < -0.4 is 0 Å². The monoisotopic (exact) mass is 416 g/mol. The van der Waals surface area contributed by atoms with Gasteiger partial charge in [0.05, 0.1) is 18.1 Å². The number of rotatable bonds is 8. The van der Waals surface area contributed by atoms with E-state index in [1.165, 1.54) is 13.0 Å². The van der Waals surface area contributed by atoms with Crippen LogP contribution in [0.15, 0.2) is 24.8 Å². The van der Waals surface area contributed by atoms with Crippen molar-refractivity contribution in [2.45, 2.75) is 63.4 Å². The number of aliphatic hydroxyl groups excluding tert-OH is 1. The predicted molar refractivity (Wildman–Crippen MR) is 98.4 cm³/mol. The van der Waals surface area contributed by atoms with Crippen LogP contribution in [0.1, 0.15) is 45.4 Å². The summed E-state index contributed by atoms with van der Waals surface area (Å²) >= 11 is 0. The summed E-state index contributed by atoms with van der Waals surface area (Å²) < 4.78 is 62.4. The largest absolute Gasteiger partial charge is 0.463 e. The average Bonchev–Trinajstić information content (AvgIpc) is 3.35. The Balaban J connectivity index is 1.48. The van der Waals surface area contributed by atoms with E-state index in [1.807, 2.05) is 0 Å². The van der Waals surface area contributed by atoms with Gasteiger partial charge in [-0.1, -0.05) is 26.2 Å². The fourth-order valence-electron chi connectivity index (χ4n) is 7.53. The molecule has 7 heteroatoms. The maximum absolute atomic E-state index is 15.2. The number of hydrogen-bond acceptors (Lipinski definition) is 3. The van der Waals surface area contributed by atoms with Crippen molar-refractivity contribution in [1.82, 2.24) is 0 Å². The number of halogens is 4. The zero-order chi connectivity index (χ0) is 21.4. The van der Waals surface area contributed by atoms with Gasteiger partial charge in [-0.3, -0.25) is 0 Å². The number of esters is 1. The van der Waals surface area contributed by atoms with Crippen LogP contribution in [0.3, 0.4) is 0 Å². The first kappa shape index (κ1) is 20.9. The zero-order valence-corrected chi connectivity index (χ0v) is 16.6. The van der Waals surface area contributed by atoms with E-state index < -0.39 is 47.1 Å². The quantitative estimate of drug-likeness (QED) is 0.353. The van der Waals surface area contributed by atoms with E-state index in [-0.39, 0.29) is 49.2 Å². The van der Waals surface area contributed by atoms with E-state index >= 15 is 4.39 Å². The van der Waals surface area contributed by atoms with Crippen LogP contribution >= 0.6 is 0 Å². The first-order valence-electron chi connectivity index (χ1n) is 10.4. The van der Waals surface area contributed by atoms with Crippen LogP contribution in [0, 0.1) is 34.5 Å². The Morgan fingerprint density at radius 2 is 1.83 bits per heavy atom. The van der Waals surface area contributed by atoms with Gasteiger partial charge in [0.15, 0.2) is 0 Å². The lowest BCUT2D eigenvalue weighted by Gasteiger charge is -2.52. The second-order valence-electron chi connectivity index (χ2n) is 9.80. The molecular formula is C22H28F4O3. The van der Waals surface area contributed by atoms with Gasteiger partial charge >= 0.3 is 12.1 Å². The van der Waals surface area contributed by atoms with Crippen LogP contribution in [0.4, 0.5) is 17.6 Å². The number of carbonyl (C=O) groups is 1. The van der Waals surface area contributed by atoms with Crippen molar-refractivity contribution in [3.05, 3.63) is 24.8 Å². The third-order valence-electron chi connectivity index (χ3n) is 8.51. The van der Waals surface area contributed by atoms with Gasteiger partial charge in [0.1, 0.15) is 0 Å². The SMILES string of the molecule is C=CC(=C)C(O)CC(F)(CC)C(=O)OCC12CC3CC4(C(F)(F)F)CC(C1)C3C24. The minimum Gasteiger partial charge on any atom is -0.463 e. The summed E-state index contributed by atoms with van der Waals surface area (Å²) in [5.74, 6) is -1.49. The molecule has 4 aliphatic carbocycles. The van der Waals surface area contributed by atoms with Crippen LogP contribution in [0.2, 0.25) is 0 Å². The summed E-state index contributed by atoms with van der Waals surface area (Å²) in [7, 11) is 0. The molecule has 6 bridgehead atoms. The van der Waals surface area contributed by atoms with Crippen molar-refractivity contribution in [2.24, 2.45) is 34.5 Å². The summed E-state index contributed by atoms with van der Waals surface area (Å²) in [6.07, 6.45) is -3.31. The molecule has 4 saturated carbocycles. The molecule has 0 saturated heterocycles. The minimum absolute atomic E-state index is 0.0341. The molecule has 0 aromatic heterocycles. The molecule has 1 N–H and O–H groups in total. The van der Waals surface area contributed by atoms with Gasteiger partial charge in [0, 0.05) is 11.8 Å². The molecule has 4 aliphatic rings. The van der Waals surface area contributed by atoms with Crippen molar-refractivity contribution < 1.29 is 32.2 Å². The summed E-state index contributed by atoms with van der Waals surface area (Å²) in [5, 5.41) is 10.0. The number of carbonyl (C=O) groups excluding carboxylic acids is 1. The fraction of sp³-hybridized carbons (Fsp3) is 0.773. The highest BCUT2D eigenvalue weighted by Crippen LogP contribution is 2.85. The van der Waals surface area contributed by atoms with Crippen LogP contribution in [0.25, 0.3) is 0 Å². The predicted octanol–water partition coefficient (Wildman–Crippen LogP) is 4.76. The molecule has 0 amide bonds. The number of alkyl halides is 4. The molecule has 0 heterocycles. The molecule has 0 aromatic rings. The van der Waals surface area contributed by atoms with Gasteiger partial charge < -0.3 is 9.84 Å². The summed E-state index contributed by atoms with van der Waals surface area (Å²) in [6, 6.07) is 0. The first-order valence-corrected chi connectivity index (χ1v) is 10.4. The zero-order valence-electron chi connectivity index (χ0n) is 16.6. The lowest BCUT2D eigenvalue weighted by molar-refractivity contribution is -0.267. The van der Waals surface area contributed by atoms with E-state index in [4.69, 9.17) is 4.74 Å². The fourth-order valence-corrected chi connectivity index (χ4v) is 7.53. The molecule has 0 aliphatic heterocycles. The molecule has 29 heavy (non-hydrogen) atoms. The maximum Gasteiger partial charge on any atom is 0.394 e. The lowest BCUT2D eigenvalue weighted by atomic mass is 9.54. The molecule has 0 aromatic carbocycles. The molecule has 4 fully saturated rings. The van der Waals surface area contributed by atoms with E-state index in [9.17, 15) is 23.1 Å². The highest BCUT2D eigenvalue weighted by Gasteiger charge is 2.84. The standard InChI is InChI=1S/C22H28F4O3/c1-4-12(3)15(27)10-21(23,5-2)18(28)29-11-19-6-13-8-20(22(24,25)26)9-14(7-19)16(13)17(19)20/h4,13-17,27H,1,3,5-11H2,2H3. The van der Waals surface area contributed by atoms with Gasteiger partial charge in [0.2, 0.25) is 5.67 Å². The first-order chi connectivity index (χ1) is 13.4. The van der Waals surface area contributed by atoms with Crippen molar-refractivity contribution in [3.63, 3.8) is 0 Å². The topological polar surface area (TPSA) is 46.5 Å². The third kappa shape index (κ3) is 2.68. The van der Waals surface area contributed by atoms with Gasteiger partial charge in [-0.25, -0.2) is 9.18 Å². The Bertz CT molecular complexity index is 729. The molecule has 4 rings (SSSR count). The van der Waals surface area contributed by atoms with Gasteiger partial charge in [-0.05, 0) is 61.3 Å². The van der Waals surface area contributed by atoms with Gasteiger partial charge in [-0.15, -0.1) is 0 Å². The van der Waals surface area contributed by atoms with E-state index in [0.717, 1.165) is 0 Å². The molecule has 0 spiro atoms.